The molecule has 0 unspecified atom stereocenters. The van der Waals surface area contributed by atoms with Crippen LogP contribution in [0, 0.1) is 24.3 Å². The first-order valence-corrected chi connectivity index (χ1v) is 9.32. The highest BCUT2D eigenvalue weighted by molar-refractivity contribution is 6.29. The Hall–Kier alpha value is -3.63. The number of hydrogen-bond donors (Lipinski definition) is 3. The minimum Gasteiger partial charge on any atom is -0.382 e. The van der Waals surface area contributed by atoms with E-state index in [1.54, 1.807) is 0 Å². The largest absolute Gasteiger partial charge is 0.382 e. The first-order chi connectivity index (χ1) is 16.4. The number of aliphatic hydroxyl groups excluding tert-OH is 1. The van der Waals surface area contributed by atoms with Crippen molar-refractivity contribution in [3.05, 3.63) is 76.6 Å². The van der Waals surface area contributed by atoms with Crippen LogP contribution in [0.25, 0.3) is 16.8 Å². The van der Waals surface area contributed by atoms with Gasteiger partial charge < -0.3 is 16.2 Å². The average molecular weight is 465 g/mol. The number of halogens is 4. The van der Waals surface area contributed by atoms with Gasteiger partial charge in [-0.2, -0.15) is 0 Å². The summed E-state index contributed by atoms with van der Waals surface area (Å²) in [5, 5.41) is 12.2. The third-order valence-corrected chi connectivity index (χ3v) is 4.85. The number of aryl methyl sites for hydroxylation is 1. The van der Waals surface area contributed by atoms with Crippen molar-refractivity contribution in [2.75, 3.05) is 11.1 Å². The highest BCUT2D eigenvalue weighted by Crippen LogP contribution is 2.33. The highest BCUT2D eigenvalue weighted by atomic mass is 35.5. The molecule has 0 saturated heterocycles. The summed E-state index contributed by atoms with van der Waals surface area (Å²) >= 11 is 6.11. The third kappa shape index (κ3) is 3.85. The number of nitrogen functional groups attached to an aromatic ring is 1. The molecule has 0 spiro atoms. The number of carbonyl (C=O) groups is 1. The van der Waals surface area contributed by atoms with E-state index in [4.69, 9.17) is 21.4 Å². The van der Waals surface area contributed by atoms with Crippen molar-refractivity contribution >= 4 is 34.5 Å². The van der Waals surface area contributed by atoms with E-state index in [1.807, 2.05) is 0 Å². The van der Waals surface area contributed by atoms with Gasteiger partial charge in [-0.3, -0.25) is 9.20 Å². The summed E-state index contributed by atoms with van der Waals surface area (Å²) in [7, 11) is 0. The van der Waals surface area contributed by atoms with E-state index >= 15 is 4.39 Å². The molecule has 4 N–H and O–H groups in total. The van der Waals surface area contributed by atoms with E-state index in [0.29, 0.717) is 6.07 Å². The Morgan fingerprint density at radius 3 is 2.62 bits per heavy atom. The van der Waals surface area contributed by atoms with Gasteiger partial charge in [0.05, 0.1) is 6.20 Å². The molecule has 0 aliphatic carbocycles. The molecule has 4 rings (SSSR count). The molecule has 0 bridgehead atoms. The number of aliphatic hydroxyl groups is 1. The van der Waals surface area contributed by atoms with Crippen LogP contribution in [0.1, 0.15) is 21.6 Å². The van der Waals surface area contributed by atoms with Crippen molar-refractivity contribution in [3.63, 3.8) is 0 Å². The van der Waals surface area contributed by atoms with Gasteiger partial charge in [0.25, 0.3) is 5.91 Å². The van der Waals surface area contributed by atoms with Crippen LogP contribution in [-0.4, -0.2) is 25.4 Å². The molecule has 11 heteroatoms. The molecule has 0 fully saturated rings. The second-order valence-electron chi connectivity index (χ2n) is 6.72. The fraction of sp³-hybridized carbons (Fsp3) is 0.0952. The monoisotopic (exact) mass is 464 g/mol. The molecule has 32 heavy (non-hydrogen) atoms. The standard InChI is InChI=1S/C21H15ClF3N5O2/c1-9-28-17(18-20(26)27-8-16(22)30(9)18)14-3-2-13(7-15(14)25)29-21(32)19(31)10-4-11(23)6-12(24)5-10/h2-8,19,31H,1H3,(H2,26,27)(H,29,32)/t19-/m0/s1/i1D3. The Morgan fingerprint density at radius 2 is 1.97 bits per heavy atom. The number of rotatable bonds is 4. The summed E-state index contributed by atoms with van der Waals surface area (Å²) in [4.78, 5) is 20.2. The Morgan fingerprint density at radius 1 is 1.25 bits per heavy atom. The van der Waals surface area contributed by atoms with E-state index in [0.717, 1.165) is 28.8 Å². The van der Waals surface area contributed by atoms with Crippen LogP contribution < -0.4 is 11.1 Å². The molecule has 1 atom stereocenters. The lowest BCUT2D eigenvalue weighted by atomic mass is 10.1. The van der Waals surface area contributed by atoms with Crippen molar-refractivity contribution in [1.29, 1.82) is 0 Å². The second kappa shape index (κ2) is 8.13. The number of hydrogen-bond acceptors (Lipinski definition) is 5. The zero-order valence-corrected chi connectivity index (χ0v) is 16.7. The van der Waals surface area contributed by atoms with Crippen molar-refractivity contribution in [2.24, 2.45) is 0 Å². The van der Waals surface area contributed by atoms with Crippen molar-refractivity contribution in [3.8, 4) is 11.3 Å². The Labute approximate surface area is 188 Å². The van der Waals surface area contributed by atoms with Gasteiger partial charge in [-0.25, -0.2) is 23.1 Å². The van der Waals surface area contributed by atoms with Crippen LogP contribution >= 0.6 is 11.6 Å². The molecule has 7 nitrogen and oxygen atoms in total. The van der Waals surface area contributed by atoms with Gasteiger partial charge >= 0.3 is 0 Å². The van der Waals surface area contributed by atoms with E-state index in [2.05, 4.69) is 15.3 Å². The van der Waals surface area contributed by atoms with Crippen LogP contribution in [0.15, 0.2) is 42.6 Å². The van der Waals surface area contributed by atoms with Gasteiger partial charge in [0.1, 0.15) is 45.5 Å². The smallest absolute Gasteiger partial charge is 0.257 e. The minimum absolute atomic E-state index is 0.0251. The summed E-state index contributed by atoms with van der Waals surface area (Å²) in [6, 6.07) is 5.49. The SMILES string of the molecule is [2H]C([2H])([2H])c1nc(-c2ccc(NC(=O)[C@@H](O)c3cc(F)cc(F)c3)cc2F)c2c(N)ncc(Cl)n12. The quantitative estimate of drug-likeness (QED) is 0.423. The highest BCUT2D eigenvalue weighted by Gasteiger charge is 2.22. The van der Waals surface area contributed by atoms with Gasteiger partial charge in [-0.1, -0.05) is 11.6 Å². The molecule has 0 saturated carbocycles. The van der Waals surface area contributed by atoms with E-state index in [1.165, 1.54) is 12.1 Å². The summed E-state index contributed by atoms with van der Waals surface area (Å²) in [5.41, 5.74) is 5.13. The molecular weight excluding hydrogens is 447 g/mol. The molecule has 0 aliphatic heterocycles. The summed E-state index contributed by atoms with van der Waals surface area (Å²) in [6.45, 7) is -2.71. The summed E-state index contributed by atoms with van der Waals surface area (Å²) in [6.07, 6.45) is -0.801. The number of nitrogens with one attached hydrogen (secondary N) is 1. The number of aromatic nitrogens is 3. The van der Waals surface area contributed by atoms with Crippen LogP contribution in [0.3, 0.4) is 0 Å². The summed E-state index contributed by atoms with van der Waals surface area (Å²) < 4.78 is 66.1. The van der Waals surface area contributed by atoms with E-state index in [-0.39, 0.29) is 39.0 Å². The first kappa shape index (κ1) is 18.0. The van der Waals surface area contributed by atoms with E-state index < -0.39 is 42.1 Å². The zero-order valence-electron chi connectivity index (χ0n) is 18.9. The van der Waals surface area contributed by atoms with Crippen LogP contribution in [-0.2, 0) is 4.79 Å². The van der Waals surface area contributed by atoms with Gasteiger partial charge in [0.15, 0.2) is 6.10 Å². The number of nitrogens with two attached hydrogens (primary N) is 1. The normalized spacial score (nSPS) is 14.0. The maximum absolute atomic E-state index is 15.1. The lowest BCUT2D eigenvalue weighted by Gasteiger charge is -2.13. The maximum atomic E-state index is 15.1. The summed E-state index contributed by atoms with van der Waals surface area (Å²) in [5.74, 6) is -4.57. The molecule has 0 radical (unpaired) electrons. The number of fused-ring (bicyclic) bond motifs is 1. The fourth-order valence-corrected chi connectivity index (χ4v) is 3.39. The Balaban J connectivity index is 1.70. The third-order valence-electron chi connectivity index (χ3n) is 4.58. The molecule has 2 heterocycles. The van der Waals surface area contributed by atoms with Gasteiger partial charge in [0, 0.05) is 21.4 Å². The molecule has 4 aromatic rings. The molecule has 1 amide bonds. The lowest BCUT2D eigenvalue weighted by Crippen LogP contribution is -2.21. The Kier molecular flexibility index (Phi) is 4.57. The predicted octanol–water partition coefficient (Wildman–Crippen LogP) is 4.03. The zero-order chi connectivity index (χ0) is 25.7. The van der Waals surface area contributed by atoms with Gasteiger partial charge in [-0.05, 0) is 42.7 Å². The number of anilines is 2. The molecule has 2 aromatic heterocycles. The van der Waals surface area contributed by atoms with Crippen LogP contribution in [0.4, 0.5) is 24.7 Å². The fourth-order valence-electron chi connectivity index (χ4n) is 3.17. The number of amides is 1. The van der Waals surface area contributed by atoms with Crippen LogP contribution in [0.2, 0.25) is 5.15 Å². The minimum atomic E-state index is -2.71. The second-order valence-corrected chi connectivity index (χ2v) is 7.11. The first-order valence-electron chi connectivity index (χ1n) is 10.4. The number of imidazole rings is 1. The van der Waals surface area contributed by atoms with E-state index in [9.17, 15) is 18.7 Å². The van der Waals surface area contributed by atoms with Crippen molar-refractivity contribution in [2.45, 2.75) is 13.0 Å². The average Bonchev–Trinajstić information content (AvgIpc) is 3.17. The molecule has 0 aliphatic rings. The molecule has 164 valence electrons. The number of carbonyl (C=O) groups excluding carboxylic acids is 1. The lowest BCUT2D eigenvalue weighted by molar-refractivity contribution is -0.124. The van der Waals surface area contributed by atoms with Gasteiger partial charge in [0.2, 0.25) is 0 Å². The molecule has 2 aromatic carbocycles. The number of nitrogens with zero attached hydrogens (tertiary/aromatic N) is 3. The number of benzene rings is 2. The van der Waals surface area contributed by atoms with Gasteiger partial charge in [-0.15, -0.1) is 0 Å². The topological polar surface area (TPSA) is 106 Å². The van der Waals surface area contributed by atoms with Crippen LogP contribution in [0.5, 0.6) is 0 Å². The van der Waals surface area contributed by atoms with Crippen molar-refractivity contribution < 1.29 is 27.2 Å². The predicted molar refractivity (Wildman–Crippen MR) is 112 cm³/mol. The maximum Gasteiger partial charge on any atom is 0.257 e. The molecular formula is C21H15ClF3N5O2. The Bertz CT molecular complexity index is 1460. The van der Waals surface area contributed by atoms with Crippen molar-refractivity contribution in [1.82, 2.24) is 14.4 Å².